The maximum Gasteiger partial charge on any atom is 0.305 e. The molecule has 3 heterocycles. The van der Waals surface area contributed by atoms with E-state index in [-0.39, 0.29) is 0 Å². The summed E-state index contributed by atoms with van der Waals surface area (Å²) in [5.41, 5.74) is 0. The van der Waals surface area contributed by atoms with Crippen molar-refractivity contribution in [1.29, 1.82) is 0 Å². The van der Waals surface area contributed by atoms with E-state index >= 15 is 0 Å². The van der Waals surface area contributed by atoms with Gasteiger partial charge in [0.1, 0.15) is 6.67 Å². The molecule has 2 aliphatic rings. The van der Waals surface area contributed by atoms with E-state index in [0.29, 0.717) is 25.8 Å². The average molecular weight is 297 g/mol. The van der Waals surface area contributed by atoms with E-state index in [1.165, 1.54) is 4.31 Å². The highest BCUT2D eigenvalue weighted by molar-refractivity contribution is 7.86. The highest BCUT2D eigenvalue weighted by Gasteiger charge is 2.33. The molecule has 2 aliphatic heterocycles. The fraction of sp³-hybridized carbons (Fsp3) is 0.583. The molecule has 8 heteroatoms. The van der Waals surface area contributed by atoms with Gasteiger partial charge in [-0.15, -0.1) is 0 Å². The summed E-state index contributed by atoms with van der Waals surface area (Å²) in [6, 6.07) is 2.20. The molecular weight excluding hydrogens is 278 g/mol. The Bertz CT molecular complexity index is 575. The molecule has 1 aromatic heterocycles. The van der Waals surface area contributed by atoms with E-state index in [1.807, 2.05) is 28.9 Å². The first-order chi connectivity index (χ1) is 9.57. The van der Waals surface area contributed by atoms with Crippen molar-refractivity contribution in [3.05, 3.63) is 30.9 Å². The van der Waals surface area contributed by atoms with Gasteiger partial charge in [-0.25, -0.2) is 4.31 Å². The lowest BCUT2D eigenvalue weighted by atomic mass is 10.1. The van der Waals surface area contributed by atoms with Gasteiger partial charge in [-0.1, -0.05) is 0 Å². The SMILES string of the molecule is CN1C=CN(S(=O)(=O)N2CCC(n3cccn3)CC2)C1. The summed E-state index contributed by atoms with van der Waals surface area (Å²) < 4.78 is 29.8. The maximum atomic E-state index is 12.5. The van der Waals surface area contributed by atoms with Crippen LogP contribution < -0.4 is 0 Å². The summed E-state index contributed by atoms with van der Waals surface area (Å²) in [7, 11) is -1.52. The van der Waals surface area contributed by atoms with E-state index in [2.05, 4.69) is 5.10 Å². The van der Waals surface area contributed by atoms with Crippen LogP contribution in [0.15, 0.2) is 30.9 Å². The highest BCUT2D eigenvalue weighted by atomic mass is 32.2. The summed E-state index contributed by atoms with van der Waals surface area (Å²) >= 11 is 0. The Kier molecular flexibility index (Phi) is 3.43. The molecular formula is C12H19N5O2S. The molecule has 110 valence electrons. The lowest BCUT2D eigenvalue weighted by molar-refractivity contribution is 0.247. The van der Waals surface area contributed by atoms with Crippen LogP contribution in [0.1, 0.15) is 18.9 Å². The molecule has 0 amide bonds. The molecule has 20 heavy (non-hydrogen) atoms. The first-order valence-electron chi connectivity index (χ1n) is 6.72. The zero-order valence-corrected chi connectivity index (χ0v) is 12.3. The van der Waals surface area contributed by atoms with Crippen LogP contribution in [0.3, 0.4) is 0 Å². The third kappa shape index (κ3) is 2.40. The van der Waals surface area contributed by atoms with Gasteiger partial charge in [-0.3, -0.25) is 4.68 Å². The zero-order chi connectivity index (χ0) is 14.2. The third-order valence-electron chi connectivity index (χ3n) is 3.79. The summed E-state index contributed by atoms with van der Waals surface area (Å²) in [4.78, 5) is 1.84. The van der Waals surface area contributed by atoms with E-state index in [9.17, 15) is 8.42 Å². The van der Waals surface area contributed by atoms with E-state index < -0.39 is 10.2 Å². The van der Waals surface area contributed by atoms with E-state index in [4.69, 9.17) is 0 Å². The smallest absolute Gasteiger partial charge is 0.305 e. The Morgan fingerprint density at radius 3 is 2.50 bits per heavy atom. The van der Waals surface area contributed by atoms with Crippen molar-refractivity contribution in [2.75, 3.05) is 26.8 Å². The number of hydrogen-bond donors (Lipinski definition) is 0. The largest absolute Gasteiger partial charge is 0.361 e. The molecule has 3 rings (SSSR count). The fourth-order valence-corrected chi connectivity index (χ4v) is 4.14. The molecule has 0 spiro atoms. The Hall–Kier alpha value is -1.54. The number of hydrogen-bond acceptors (Lipinski definition) is 4. The van der Waals surface area contributed by atoms with Crippen LogP contribution in [-0.4, -0.2) is 58.5 Å². The molecule has 0 aromatic carbocycles. The summed E-state index contributed by atoms with van der Waals surface area (Å²) in [5, 5.41) is 4.23. The molecule has 0 N–H and O–H groups in total. The quantitative estimate of drug-likeness (QED) is 0.812. The third-order valence-corrected chi connectivity index (χ3v) is 5.64. The Morgan fingerprint density at radius 1 is 1.20 bits per heavy atom. The number of rotatable bonds is 3. The maximum absolute atomic E-state index is 12.5. The van der Waals surface area contributed by atoms with Crippen LogP contribution in [0.5, 0.6) is 0 Å². The number of piperidine rings is 1. The zero-order valence-electron chi connectivity index (χ0n) is 11.5. The van der Waals surface area contributed by atoms with Gasteiger partial charge in [0.15, 0.2) is 0 Å². The minimum atomic E-state index is -3.38. The van der Waals surface area contributed by atoms with Crippen molar-refractivity contribution < 1.29 is 8.42 Å². The molecule has 0 radical (unpaired) electrons. The minimum Gasteiger partial charge on any atom is -0.361 e. The topological polar surface area (TPSA) is 61.7 Å². The Labute approximate surface area is 119 Å². The standard InChI is InChI=1S/C12H19N5O2S/c1-14-9-10-16(11-14)20(18,19)15-7-3-12(4-8-15)17-6-2-5-13-17/h2,5-6,9-10,12H,3-4,7-8,11H2,1H3. The molecule has 0 unspecified atom stereocenters. The van der Waals surface area contributed by atoms with Crippen LogP contribution >= 0.6 is 0 Å². The lowest BCUT2D eigenvalue weighted by Crippen LogP contribution is -2.46. The fourth-order valence-electron chi connectivity index (χ4n) is 2.63. The van der Waals surface area contributed by atoms with Gasteiger partial charge >= 0.3 is 10.2 Å². The van der Waals surface area contributed by atoms with Gasteiger partial charge in [0.25, 0.3) is 0 Å². The Balaban J connectivity index is 1.64. The normalized spacial score (nSPS) is 21.9. The first kappa shape index (κ1) is 13.4. The predicted molar refractivity (Wildman–Crippen MR) is 74.6 cm³/mol. The second-order valence-corrected chi connectivity index (χ2v) is 7.09. The van der Waals surface area contributed by atoms with Crippen molar-refractivity contribution in [3.63, 3.8) is 0 Å². The van der Waals surface area contributed by atoms with Crippen LogP contribution in [0.2, 0.25) is 0 Å². The van der Waals surface area contributed by atoms with Gasteiger partial charge in [0, 0.05) is 44.9 Å². The molecule has 1 saturated heterocycles. The van der Waals surface area contributed by atoms with Gasteiger partial charge in [0.2, 0.25) is 0 Å². The summed E-state index contributed by atoms with van der Waals surface area (Å²) in [5.74, 6) is 0. The van der Waals surface area contributed by atoms with Gasteiger partial charge in [-0.05, 0) is 18.9 Å². The second kappa shape index (κ2) is 5.10. The molecule has 0 saturated carbocycles. The van der Waals surface area contributed by atoms with Crippen molar-refractivity contribution >= 4 is 10.2 Å². The molecule has 0 aliphatic carbocycles. The Morgan fingerprint density at radius 2 is 1.95 bits per heavy atom. The molecule has 0 bridgehead atoms. The van der Waals surface area contributed by atoms with Gasteiger partial charge in [0.05, 0.1) is 6.04 Å². The predicted octanol–water partition coefficient (Wildman–Crippen LogP) is 0.441. The second-order valence-electron chi connectivity index (χ2n) is 5.21. The molecule has 7 nitrogen and oxygen atoms in total. The van der Waals surface area contributed by atoms with E-state index in [0.717, 1.165) is 12.8 Å². The van der Waals surface area contributed by atoms with Crippen LogP contribution in [0, 0.1) is 0 Å². The molecule has 1 fully saturated rings. The number of aromatic nitrogens is 2. The minimum absolute atomic E-state index is 0.299. The highest BCUT2D eigenvalue weighted by Crippen LogP contribution is 2.25. The van der Waals surface area contributed by atoms with Crippen LogP contribution in [-0.2, 0) is 10.2 Å². The van der Waals surface area contributed by atoms with Crippen molar-refractivity contribution in [2.24, 2.45) is 0 Å². The van der Waals surface area contributed by atoms with Crippen molar-refractivity contribution in [1.82, 2.24) is 23.3 Å². The van der Waals surface area contributed by atoms with E-state index in [1.54, 1.807) is 22.9 Å². The van der Waals surface area contributed by atoms with Crippen molar-refractivity contribution in [2.45, 2.75) is 18.9 Å². The number of nitrogens with zero attached hydrogens (tertiary/aromatic N) is 5. The summed E-state index contributed by atoms with van der Waals surface area (Å²) in [6.07, 6.45) is 8.69. The monoisotopic (exact) mass is 297 g/mol. The van der Waals surface area contributed by atoms with Gasteiger partial charge in [-0.2, -0.15) is 17.8 Å². The molecule has 1 aromatic rings. The van der Waals surface area contributed by atoms with Crippen LogP contribution in [0.4, 0.5) is 0 Å². The average Bonchev–Trinajstić information content (AvgIpc) is 3.10. The first-order valence-corrected chi connectivity index (χ1v) is 8.12. The van der Waals surface area contributed by atoms with Crippen LogP contribution in [0.25, 0.3) is 0 Å². The molecule has 0 atom stereocenters. The summed E-state index contributed by atoms with van der Waals surface area (Å²) in [6.45, 7) is 1.48. The lowest BCUT2D eigenvalue weighted by Gasteiger charge is -2.33. The van der Waals surface area contributed by atoms with Crippen molar-refractivity contribution in [3.8, 4) is 0 Å². The van der Waals surface area contributed by atoms with Gasteiger partial charge < -0.3 is 4.90 Å².